The summed E-state index contributed by atoms with van der Waals surface area (Å²) in [5, 5.41) is 15.3. The lowest BCUT2D eigenvalue weighted by Gasteiger charge is -2.15. The third-order valence-electron chi connectivity index (χ3n) is 4.55. The first-order valence-corrected chi connectivity index (χ1v) is 9.34. The molecule has 8 heteroatoms. The summed E-state index contributed by atoms with van der Waals surface area (Å²) in [4.78, 5) is 25.1. The molecule has 0 aliphatic rings. The van der Waals surface area contributed by atoms with Gasteiger partial charge in [0.1, 0.15) is 17.4 Å². The fourth-order valence-electron chi connectivity index (χ4n) is 2.89. The Morgan fingerprint density at radius 2 is 1.71 bits per heavy atom. The van der Waals surface area contributed by atoms with Gasteiger partial charge in [-0.15, -0.1) is 0 Å². The monoisotopic (exact) mass is 426 g/mol. The first-order valence-electron chi connectivity index (χ1n) is 9.34. The highest BCUT2D eigenvalue weighted by Crippen LogP contribution is 2.20. The number of hydrogen-bond donors (Lipinski definition) is 3. The number of carbonyl (C=O) groups excluding carboxylic acids is 2. The van der Waals surface area contributed by atoms with E-state index in [1.807, 2.05) is 0 Å². The van der Waals surface area contributed by atoms with Crippen LogP contribution in [0.15, 0.2) is 66.7 Å². The molecule has 0 spiro atoms. The summed E-state index contributed by atoms with van der Waals surface area (Å²) in [6.07, 6.45) is -1.37. The quantitative estimate of drug-likeness (QED) is 0.538. The molecule has 31 heavy (non-hydrogen) atoms. The Balaban J connectivity index is 1.68. The fourth-order valence-corrected chi connectivity index (χ4v) is 2.89. The van der Waals surface area contributed by atoms with E-state index in [4.69, 9.17) is 4.74 Å². The Kier molecular flexibility index (Phi) is 6.94. The van der Waals surface area contributed by atoms with E-state index in [-0.39, 0.29) is 23.4 Å². The number of rotatable bonds is 7. The standard InChI is InChI=1S/C23H20F2N2O4/c1-31-16-9-6-14(7-10-16)22(29)27-20-5-3-2-4-18(20)23(30)26-13-21(28)17-11-8-15(24)12-19(17)25/h2-12,21,28H,13H2,1H3,(H,26,30)(H,27,29). The minimum Gasteiger partial charge on any atom is -0.497 e. The van der Waals surface area contributed by atoms with Gasteiger partial charge in [-0.3, -0.25) is 9.59 Å². The van der Waals surface area contributed by atoms with Crippen molar-refractivity contribution < 1.29 is 28.2 Å². The molecule has 0 aliphatic carbocycles. The van der Waals surface area contributed by atoms with Gasteiger partial charge in [0.2, 0.25) is 0 Å². The summed E-state index contributed by atoms with van der Waals surface area (Å²) in [6, 6.07) is 15.6. The molecule has 160 valence electrons. The van der Waals surface area contributed by atoms with Gasteiger partial charge >= 0.3 is 0 Å². The van der Waals surface area contributed by atoms with Gasteiger partial charge < -0.3 is 20.5 Å². The van der Waals surface area contributed by atoms with E-state index >= 15 is 0 Å². The summed E-state index contributed by atoms with van der Waals surface area (Å²) in [6.45, 7) is -0.303. The highest BCUT2D eigenvalue weighted by atomic mass is 19.1. The van der Waals surface area contributed by atoms with E-state index in [9.17, 15) is 23.5 Å². The average Bonchev–Trinajstić information content (AvgIpc) is 2.77. The van der Waals surface area contributed by atoms with E-state index in [2.05, 4.69) is 10.6 Å². The number of anilines is 1. The number of para-hydroxylation sites is 1. The van der Waals surface area contributed by atoms with Gasteiger partial charge in [-0.05, 0) is 42.5 Å². The second-order valence-corrected chi connectivity index (χ2v) is 6.62. The Morgan fingerprint density at radius 1 is 1.00 bits per heavy atom. The van der Waals surface area contributed by atoms with Gasteiger partial charge in [0, 0.05) is 23.7 Å². The molecule has 1 unspecified atom stereocenters. The lowest BCUT2D eigenvalue weighted by atomic mass is 10.1. The molecule has 1 atom stereocenters. The summed E-state index contributed by atoms with van der Waals surface area (Å²) in [5.74, 6) is -2.07. The SMILES string of the molecule is COc1ccc(C(=O)Nc2ccccc2C(=O)NCC(O)c2ccc(F)cc2F)cc1. The van der Waals surface area contributed by atoms with Crippen LogP contribution in [-0.2, 0) is 0 Å². The zero-order chi connectivity index (χ0) is 22.4. The molecular formula is C23H20F2N2O4. The number of methoxy groups -OCH3 is 1. The molecular weight excluding hydrogens is 406 g/mol. The van der Waals surface area contributed by atoms with Gasteiger partial charge in [-0.25, -0.2) is 8.78 Å². The maximum absolute atomic E-state index is 13.8. The average molecular weight is 426 g/mol. The van der Waals surface area contributed by atoms with Crippen LogP contribution in [0.3, 0.4) is 0 Å². The van der Waals surface area contributed by atoms with Crippen molar-refractivity contribution in [1.82, 2.24) is 5.32 Å². The first-order chi connectivity index (χ1) is 14.9. The molecule has 3 N–H and O–H groups in total. The zero-order valence-electron chi connectivity index (χ0n) is 16.6. The second kappa shape index (κ2) is 9.82. The molecule has 3 aromatic carbocycles. The highest BCUT2D eigenvalue weighted by molar-refractivity contribution is 6.09. The normalized spacial score (nSPS) is 11.5. The van der Waals surface area contributed by atoms with Gasteiger partial charge in [-0.2, -0.15) is 0 Å². The van der Waals surface area contributed by atoms with Crippen LogP contribution in [0.1, 0.15) is 32.4 Å². The molecule has 3 rings (SSSR count). The van der Waals surface area contributed by atoms with Crippen LogP contribution in [0.4, 0.5) is 14.5 Å². The summed E-state index contributed by atoms with van der Waals surface area (Å²) < 4.78 is 31.9. The van der Waals surface area contributed by atoms with Crippen LogP contribution >= 0.6 is 0 Å². The predicted octanol–water partition coefficient (Wildman–Crippen LogP) is 3.69. The topological polar surface area (TPSA) is 87.7 Å². The number of aliphatic hydroxyl groups excluding tert-OH is 1. The molecule has 3 aromatic rings. The molecule has 0 saturated heterocycles. The van der Waals surface area contributed by atoms with Crippen molar-refractivity contribution >= 4 is 17.5 Å². The lowest BCUT2D eigenvalue weighted by Crippen LogP contribution is -2.29. The van der Waals surface area contributed by atoms with E-state index in [0.717, 1.165) is 12.1 Å². The van der Waals surface area contributed by atoms with Crippen LogP contribution in [0.2, 0.25) is 0 Å². The van der Waals surface area contributed by atoms with Gasteiger partial charge in [0.25, 0.3) is 11.8 Å². The maximum atomic E-state index is 13.8. The minimum absolute atomic E-state index is 0.136. The van der Waals surface area contributed by atoms with Crippen molar-refractivity contribution in [3.8, 4) is 5.75 Å². The van der Waals surface area contributed by atoms with Crippen LogP contribution in [0, 0.1) is 11.6 Å². The molecule has 0 radical (unpaired) electrons. The molecule has 0 saturated carbocycles. The largest absolute Gasteiger partial charge is 0.497 e. The van der Waals surface area contributed by atoms with E-state index < -0.39 is 29.6 Å². The number of ether oxygens (including phenoxy) is 1. The molecule has 0 aromatic heterocycles. The fraction of sp³-hybridized carbons (Fsp3) is 0.130. The number of halogens is 2. The number of nitrogens with one attached hydrogen (secondary N) is 2. The van der Waals surface area contributed by atoms with E-state index in [1.165, 1.54) is 13.2 Å². The molecule has 0 heterocycles. The Labute approximate surface area is 177 Å². The Hall–Kier alpha value is -3.78. The molecule has 0 fully saturated rings. The molecule has 2 amide bonds. The smallest absolute Gasteiger partial charge is 0.255 e. The van der Waals surface area contributed by atoms with Crippen LogP contribution in [0.5, 0.6) is 5.75 Å². The number of amides is 2. The van der Waals surface area contributed by atoms with E-state index in [0.29, 0.717) is 17.4 Å². The van der Waals surface area contributed by atoms with Crippen molar-refractivity contribution in [2.75, 3.05) is 19.0 Å². The van der Waals surface area contributed by atoms with Gasteiger partial charge in [0.15, 0.2) is 0 Å². The predicted molar refractivity (Wildman–Crippen MR) is 111 cm³/mol. The van der Waals surface area contributed by atoms with Crippen molar-refractivity contribution in [2.24, 2.45) is 0 Å². The summed E-state index contributed by atoms with van der Waals surface area (Å²) >= 11 is 0. The van der Waals surface area contributed by atoms with Crippen molar-refractivity contribution in [2.45, 2.75) is 6.10 Å². The van der Waals surface area contributed by atoms with E-state index in [1.54, 1.807) is 42.5 Å². The third kappa shape index (κ3) is 5.43. The molecule has 0 bridgehead atoms. The summed E-state index contributed by atoms with van der Waals surface area (Å²) in [7, 11) is 1.52. The Bertz CT molecular complexity index is 1090. The van der Waals surface area contributed by atoms with Crippen molar-refractivity contribution in [3.63, 3.8) is 0 Å². The number of hydrogen-bond acceptors (Lipinski definition) is 4. The Morgan fingerprint density at radius 3 is 2.39 bits per heavy atom. The first kappa shape index (κ1) is 21.9. The zero-order valence-corrected chi connectivity index (χ0v) is 16.6. The summed E-state index contributed by atoms with van der Waals surface area (Å²) in [5.41, 5.74) is 0.667. The third-order valence-corrected chi connectivity index (χ3v) is 4.55. The molecule has 0 aliphatic heterocycles. The maximum Gasteiger partial charge on any atom is 0.255 e. The second-order valence-electron chi connectivity index (χ2n) is 6.62. The van der Waals surface area contributed by atoms with Crippen LogP contribution in [0.25, 0.3) is 0 Å². The number of aliphatic hydroxyl groups is 1. The van der Waals surface area contributed by atoms with Gasteiger partial charge in [-0.1, -0.05) is 18.2 Å². The lowest BCUT2D eigenvalue weighted by molar-refractivity contribution is 0.0915. The van der Waals surface area contributed by atoms with Crippen LogP contribution in [-0.4, -0.2) is 30.6 Å². The number of carbonyl (C=O) groups is 2. The van der Waals surface area contributed by atoms with Gasteiger partial charge in [0.05, 0.1) is 24.5 Å². The highest BCUT2D eigenvalue weighted by Gasteiger charge is 2.18. The minimum atomic E-state index is -1.37. The van der Waals surface area contributed by atoms with Crippen LogP contribution < -0.4 is 15.4 Å². The number of benzene rings is 3. The molecule has 6 nitrogen and oxygen atoms in total. The van der Waals surface area contributed by atoms with Crippen molar-refractivity contribution in [3.05, 3.63) is 95.1 Å². The van der Waals surface area contributed by atoms with Crippen molar-refractivity contribution in [1.29, 1.82) is 0 Å².